The molecule has 19 heavy (non-hydrogen) atoms. The van der Waals surface area contributed by atoms with Gasteiger partial charge in [-0.05, 0) is 36.8 Å². The highest BCUT2D eigenvalue weighted by molar-refractivity contribution is 7.12. The Labute approximate surface area is 116 Å². The number of oxazole rings is 1. The Balaban J connectivity index is 1.73. The van der Waals surface area contributed by atoms with Crippen LogP contribution in [0.5, 0.6) is 0 Å². The Morgan fingerprint density at radius 3 is 2.84 bits per heavy atom. The molecule has 1 aromatic carbocycles. The molecule has 4 heteroatoms. The van der Waals surface area contributed by atoms with E-state index < -0.39 is 0 Å². The molecule has 3 nitrogen and oxygen atoms in total. The lowest BCUT2D eigenvalue weighted by Gasteiger charge is -2.03. The van der Waals surface area contributed by atoms with Crippen LogP contribution in [-0.2, 0) is 13.0 Å². The van der Waals surface area contributed by atoms with Crippen LogP contribution in [0.15, 0.2) is 34.7 Å². The van der Waals surface area contributed by atoms with Crippen LogP contribution in [0.4, 0.5) is 5.69 Å². The van der Waals surface area contributed by atoms with Crippen molar-refractivity contribution in [3.8, 4) is 0 Å². The smallest absolute Gasteiger partial charge is 0.192 e. The van der Waals surface area contributed by atoms with E-state index in [0.717, 1.165) is 29.8 Å². The molecular formula is C15H16N2OS. The van der Waals surface area contributed by atoms with E-state index >= 15 is 0 Å². The van der Waals surface area contributed by atoms with Crippen molar-refractivity contribution in [3.63, 3.8) is 0 Å². The van der Waals surface area contributed by atoms with Gasteiger partial charge >= 0.3 is 0 Å². The van der Waals surface area contributed by atoms with Crippen molar-refractivity contribution < 1.29 is 4.42 Å². The van der Waals surface area contributed by atoms with E-state index in [1.54, 1.807) is 0 Å². The van der Waals surface area contributed by atoms with E-state index in [2.05, 4.69) is 29.4 Å². The normalized spacial score (nSPS) is 11.1. The molecule has 0 fully saturated rings. The summed E-state index contributed by atoms with van der Waals surface area (Å²) in [4.78, 5) is 7.13. The number of anilines is 1. The molecule has 2 aromatic heterocycles. The maximum absolute atomic E-state index is 5.47. The van der Waals surface area contributed by atoms with Gasteiger partial charge in [-0.3, -0.25) is 0 Å². The summed E-state index contributed by atoms with van der Waals surface area (Å²) in [6, 6.07) is 10.4. The van der Waals surface area contributed by atoms with Gasteiger partial charge < -0.3 is 9.73 Å². The van der Waals surface area contributed by atoms with Crippen LogP contribution >= 0.6 is 11.3 Å². The molecule has 2 heterocycles. The number of aromatic nitrogens is 1. The van der Waals surface area contributed by atoms with E-state index in [-0.39, 0.29) is 0 Å². The monoisotopic (exact) mass is 272 g/mol. The predicted molar refractivity (Wildman–Crippen MR) is 79.8 cm³/mol. The molecular weight excluding hydrogens is 256 g/mol. The fourth-order valence-corrected chi connectivity index (χ4v) is 2.95. The first kappa shape index (κ1) is 12.2. The highest BCUT2D eigenvalue weighted by atomic mass is 32.1. The number of benzene rings is 1. The molecule has 0 saturated heterocycles. The highest BCUT2D eigenvalue weighted by Gasteiger charge is 2.03. The Morgan fingerprint density at radius 2 is 2.05 bits per heavy atom. The maximum Gasteiger partial charge on any atom is 0.192 e. The molecule has 0 spiro atoms. The zero-order chi connectivity index (χ0) is 13.2. The van der Waals surface area contributed by atoms with Crippen molar-refractivity contribution in [1.82, 2.24) is 4.98 Å². The number of rotatable bonds is 4. The summed E-state index contributed by atoms with van der Waals surface area (Å²) in [5.41, 5.74) is 2.82. The second-order valence-corrected chi connectivity index (χ2v) is 5.74. The first-order valence-electron chi connectivity index (χ1n) is 6.43. The van der Waals surface area contributed by atoms with Crippen LogP contribution in [0.3, 0.4) is 0 Å². The summed E-state index contributed by atoms with van der Waals surface area (Å²) < 4.78 is 5.47. The van der Waals surface area contributed by atoms with Gasteiger partial charge in [0, 0.05) is 28.9 Å². The molecule has 0 unspecified atom stereocenters. The number of hydrogen-bond acceptors (Lipinski definition) is 4. The maximum atomic E-state index is 5.47. The summed E-state index contributed by atoms with van der Waals surface area (Å²) in [6.45, 7) is 4.90. The number of fused-ring (bicyclic) bond motifs is 1. The van der Waals surface area contributed by atoms with Crippen LogP contribution in [0.25, 0.3) is 11.1 Å². The second kappa shape index (κ2) is 5.05. The van der Waals surface area contributed by atoms with Crippen LogP contribution in [0.1, 0.15) is 22.6 Å². The lowest BCUT2D eigenvalue weighted by molar-refractivity contribution is 0.561. The summed E-state index contributed by atoms with van der Waals surface area (Å²) in [5, 5.41) is 3.43. The van der Waals surface area contributed by atoms with Gasteiger partial charge in [-0.25, -0.2) is 4.98 Å². The molecule has 3 aromatic rings. The van der Waals surface area contributed by atoms with Crippen LogP contribution in [-0.4, -0.2) is 4.98 Å². The third kappa shape index (κ3) is 2.63. The summed E-state index contributed by atoms with van der Waals surface area (Å²) in [7, 11) is 0. The molecule has 0 amide bonds. The van der Waals surface area contributed by atoms with Crippen molar-refractivity contribution in [2.45, 2.75) is 26.8 Å². The Morgan fingerprint density at radius 1 is 1.21 bits per heavy atom. The first-order valence-corrected chi connectivity index (χ1v) is 7.25. The van der Waals surface area contributed by atoms with Gasteiger partial charge in [0.05, 0.1) is 0 Å². The van der Waals surface area contributed by atoms with E-state index in [1.165, 1.54) is 9.75 Å². The number of hydrogen-bond donors (Lipinski definition) is 1. The molecule has 1 N–H and O–H groups in total. The lowest BCUT2D eigenvalue weighted by atomic mass is 10.3. The Bertz CT molecular complexity index is 699. The third-order valence-electron chi connectivity index (χ3n) is 3.03. The quantitative estimate of drug-likeness (QED) is 0.766. The van der Waals surface area contributed by atoms with Crippen molar-refractivity contribution >= 4 is 28.1 Å². The minimum absolute atomic E-state index is 0.706. The zero-order valence-corrected chi connectivity index (χ0v) is 11.9. The van der Waals surface area contributed by atoms with E-state index in [0.29, 0.717) is 5.89 Å². The molecule has 0 aliphatic rings. The average molecular weight is 272 g/mol. The zero-order valence-electron chi connectivity index (χ0n) is 11.1. The second-order valence-electron chi connectivity index (χ2n) is 4.49. The molecule has 0 bridgehead atoms. The predicted octanol–water partition coefficient (Wildman–Crippen LogP) is 4.37. The van der Waals surface area contributed by atoms with Gasteiger partial charge in [0.15, 0.2) is 11.5 Å². The average Bonchev–Trinajstić information content (AvgIpc) is 3.00. The van der Waals surface area contributed by atoms with Crippen molar-refractivity contribution in [2.75, 3.05) is 5.32 Å². The van der Waals surface area contributed by atoms with Gasteiger partial charge in [-0.2, -0.15) is 0 Å². The van der Waals surface area contributed by atoms with Crippen LogP contribution in [0.2, 0.25) is 0 Å². The Hall–Kier alpha value is -1.81. The van der Waals surface area contributed by atoms with Crippen LogP contribution in [0, 0.1) is 6.92 Å². The fraction of sp³-hybridized carbons (Fsp3) is 0.267. The summed E-state index contributed by atoms with van der Waals surface area (Å²) in [5.74, 6) is 0.706. The minimum atomic E-state index is 0.706. The van der Waals surface area contributed by atoms with Gasteiger partial charge in [0.2, 0.25) is 0 Å². The third-order valence-corrected chi connectivity index (χ3v) is 4.26. The van der Waals surface area contributed by atoms with Crippen molar-refractivity contribution in [1.29, 1.82) is 0 Å². The highest BCUT2D eigenvalue weighted by Crippen LogP contribution is 2.22. The van der Waals surface area contributed by atoms with E-state index in [9.17, 15) is 0 Å². The fourth-order valence-electron chi connectivity index (χ4n) is 2.05. The lowest BCUT2D eigenvalue weighted by Crippen LogP contribution is -1.96. The van der Waals surface area contributed by atoms with Crippen molar-refractivity contribution in [3.05, 3.63) is 46.0 Å². The molecule has 3 rings (SSSR count). The number of nitrogens with one attached hydrogen (secondary N) is 1. The topological polar surface area (TPSA) is 38.1 Å². The molecule has 98 valence electrons. The van der Waals surface area contributed by atoms with Gasteiger partial charge in [-0.1, -0.05) is 6.92 Å². The SMILES string of the molecule is CCc1ccc(CNc2ccc3oc(C)nc3c2)s1. The Kier molecular flexibility index (Phi) is 3.25. The van der Waals surface area contributed by atoms with Gasteiger partial charge in [-0.15, -0.1) is 11.3 Å². The van der Waals surface area contributed by atoms with E-state index in [1.807, 2.05) is 36.5 Å². The van der Waals surface area contributed by atoms with Crippen LogP contribution < -0.4 is 5.32 Å². The summed E-state index contributed by atoms with van der Waals surface area (Å²) in [6.07, 6.45) is 1.11. The number of aryl methyl sites for hydroxylation is 2. The molecule has 0 aliphatic carbocycles. The van der Waals surface area contributed by atoms with Crippen molar-refractivity contribution in [2.24, 2.45) is 0 Å². The van der Waals surface area contributed by atoms with Gasteiger partial charge in [0.1, 0.15) is 5.52 Å². The number of thiophene rings is 1. The summed E-state index contributed by atoms with van der Waals surface area (Å²) >= 11 is 1.86. The van der Waals surface area contributed by atoms with E-state index in [4.69, 9.17) is 4.42 Å². The molecule has 0 atom stereocenters. The minimum Gasteiger partial charge on any atom is -0.441 e. The standard InChI is InChI=1S/C15H16N2OS/c1-3-12-5-6-13(19-12)9-16-11-4-7-15-14(8-11)17-10(2)18-15/h4-8,16H,3,9H2,1-2H3. The van der Waals surface area contributed by atoms with Gasteiger partial charge in [0.25, 0.3) is 0 Å². The molecule has 0 radical (unpaired) electrons. The largest absolute Gasteiger partial charge is 0.441 e. The number of nitrogens with zero attached hydrogens (tertiary/aromatic N) is 1. The first-order chi connectivity index (χ1) is 9.24. The molecule has 0 saturated carbocycles. The molecule has 0 aliphatic heterocycles.